The van der Waals surface area contributed by atoms with Gasteiger partial charge in [0.2, 0.25) is 5.95 Å². The van der Waals surface area contributed by atoms with Gasteiger partial charge in [-0.1, -0.05) is 0 Å². The minimum atomic E-state index is -0.956. The molecule has 3 saturated heterocycles. The van der Waals surface area contributed by atoms with Gasteiger partial charge in [0.15, 0.2) is 0 Å². The first-order valence-electron chi connectivity index (χ1n) is 14.5. The van der Waals surface area contributed by atoms with Gasteiger partial charge < -0.3 is 25.2 Å². The van der Waals surface area contributed by atoms with Crippen molar-refractivity contribution in [1.82, 2.24) is 19.9 Å². The van der Waals surface area contributed by atoms with Crippen molar-refractivity contribution in [3.05, 3.63) is 47.8 Å². The number of nitrogens with two attached hydrogens (primary N) is 1. The zero-order valence-corrected chi connectivity index (χ0v) is 23.8. The molecule has 3 fully saturated rings. The molecule has 41 heavy (non-hydrogen) atoms. The van der Waals surface area contributed by atoms with E-state index in [-0.39, 0.29) is 24.8 Å². The number of pyridine rings is 1. The van der Waals surface area contributed by atoms with E-state index in [1.807, 2.05) is 42.2 Å². The summed E-state index contributed by atoms with van der Waals surface area (Å²) in [6.07, 6.45) is 1.33. The van der Waals surface area contributed by atoms with E-state index in [9.17, 15) is 9.65 Å². The number of anilines is 3. The maximum absolute atomic E-state index is 14.2. The summed E-state index contributed by atoms with van der Waals surface area (Å²) < 4.78 is 20.6. The molecule has 3 aromatic rings. The average molecular weight is 560 g/mol. The molecule has 0 saturated carbocycles. The molecule has 2 N–H and O–H groups in total. The minimum Gasteiger partial charge on any atom is -0.370 e. The van der Waals surface area contributed by atoms with Gasteiger partial charge in [0.1, 0.15) is 18.1 Å². The Bertz CT molecular complexity index is 1410. The van der Waals surface area contributed by atoms with Crippen LogP contribution in [0.15, 0.2) is 36.5 Å². The van der Waals surface area contributed by atoms with E-state index in [0.717, 1.165) is 73.9 Å². The number of halogens is 1. The summed E-state index contributed by atoms with van der Waals surface area (Å²) >= 11 is 0. The molecule has 11 heteroatoms. The topological polar surface area (TPSA) is 111 Å². The summed E-state index contributed by atoms with van der Waals surface area (Å²) in [7, 11) is 0. The quantitative estimate of drug-likeness (QED) is 0.501. The van der Waals surface area contributed by atoms with Crippen LogP contribution in [0.4, 0.5) is 21.8 Å². The van der Waals surface area contributed by atoms with Crippen molar-refractivity contribution in [3.8, 4) is 6.07 Å². The fourth-order valence-electron chi connectivity index (χ4n) is 6.39. The van der Waals surface area contributed by atoms with Crippen molar-refractivity contribution in [3.63, 3.8) is 0 Å². The van der Waals surface area contributed by atoms with Crippen molar-refractivity contribution < 1.29 is 9.13 Å². The molecule has 10 nitrogen and oxygen atoms in total. The number of benzene rings is 1. The van der Waals surface area contributed by atoms with Crippen molar-refractivity contribution in [2.75, 3.05) is 73.6 Å². The molecule has 4 atom stereocenters. The molecule has 0 bridgehead atoms. The molecule has 5 heterocycles. The normalized spacial score (nSPS) is 25.9. The molecular formula is C30H38FN9O. The smallest absolute Gasteiger partial charge is 0.227 e. The lowest BCUT2D eigenvalue weighted by Gasteiger charge is -2.42. The highest BCUT2D eigenvalue weighted by Crippen LogP contribution is 2.30. The highest BCUT2D eigenvalue weighted by atomic mass is 19.1. The van der Waals surface area contributed by atoms with Gasteiger partial charge in [-0.05, 0) is 44.5 Å². The van der Waals surface area contributed by atoms with E-state index >= 15 is 0 Å². The molecule has 3 aliphatic rings. The molecule has 1 unspecified atom stereocenters. The Balaban J connectivity index is 1.10. The second-order valence-corrected chi connectivity index (χ2v) is 11.6. The molecule has 2 aromatic heterocycles. The van der Waals surface area contributed by atoms with Crippen LogP contribution in [-0.4, -0.2) is 103 Å². The van der Waals surface area contributed by atoms with Gasteiger partial charge in [0, 0.05) is 87.4 Å². The Morgan fingerprint density at radius 2 is 1.88 bits per heavy atom. The standard InChI is InChI=1S/C30H38FN9O/c1-20-12-28(36-30(35-20)40-16-23(31)13-24(33)17-40)38-10-8-37(9-11-38)18-25-19-39(15-21(2)41-25)27-6-5-22(14-32)29-26(27)4-3-7-34-29/h3-7,12,21,23-25H,8-11,13,15-19,33H2,1-2H3/t21-,23?,24+,25+/m1/s1. The number of aryl methyl sites for hydroxylation is 1. The SMILES string of the molecule is Cc1cc(N2CCN(C[C@H]3CN(c4ccc(C#N)c5ncccc45)C[C@@H](C)O3)CC2)nc(N2CC(F)C[C@H](N)C2)n1. The molecule has 6 rings (SSSR count). The number of nitriles is 1. The second kappa shape index (κ2) is 11.7. The number of nitrogens with zero attached hydrogens (tertiary/aromatic N) is 8. The van der Waals surface area contributed by atoms with Crippen LogP contribution in [0.2, 0.25) is 0 Å². The number of hydrogen-bond acceptors (Lipinski definition) is 10. The van der Waals surface area contributed by atoms with E-state index in [4.69, 9.17) is 15.5 Å². The molecule has 216 valence electrons. The van der Waals surface area contributed by atoms with Crippen molar-refractivity contribution in [2.24, 2.45) is 5.73 Å². The molecule has 0 spiro atoms. The third-order valence-electron chi connectivity index (χ3n) is 8.24. The molecule has 0 aliphatic carbocycles. The van der Waals surface area contributed by atoms with Gasteiger partial charge in [0.05, 0.1) is 29.8 Å². The summed E-state index contributed by atoms with van der Waals surface area (Å²) in [5, 5.41) is 10.5. The minimum absolute atomic E-state index is 0.0671. The van der Waals surface area contributed by atoms with Gasteiger partial charge in [-0.3, -0.25) is 9.88 Å². The van der Waals surface area contributed by atoms with Crippen molar-refractivity contribution >= 4 is 28.4 Å². The zero-order valence-electron chi connectivity index (χ0n) is 23.8. The number of rotatable bonds is 5. The van der Waals surface area contributed by atoms with Crippen LogP contribution in [0.1, 0.15) is 24.6 Å². The van der Waals surface area contributed by atoms with Gasteiger partial charge >= 0.3 is 0 Å². The lowest BCUT2D eigenvalue weighted by molar-refractivity contribution is -0.0327. The summed E-state index contributed by atoms with van der Waals surface area (Å²) in [6, 6.07) is 12.0. The molecule has 3 aliphatic heterocycles. The molecule has 1 aromatic carbocycles. The van der Waals surface area contributed by atoms with Crippen molar-refractivity contribution in [2.45, 2.75) is 44.7 Å². The lowest BCUT2D eigenvalue weighted by atomic mass is 10.1. The van der Waals surface area contributed by atoms with E-state index in [2.05, 4.69) is 37.7 Å². The Hall–Kier alpha value is -3.59. The average Bonchev–Trinajstić information content (AvgIpc) is 2.96. The zero-order chi connectivity index (χ0) is 28.5. The van der Waals surface area contributed by atoms with Gasteiger partial charge in [-0.15, -0.1) is 0 Å². The maximum Gasteiger partial charge on any atom is 0.227 e. The third kappa shape index (κ3) is 6.05. The number of piperazine rings is 1. The number of morpholine rings is 1. The van der Waals surface area contributed by atoms with E-state index < -0.39 is 6.17 Å². The maximum atomic E-state index is 14.2. The summed E-state index contributed by atoms with van der Waals surface area (Å²) in [6.45, 7) is 10.9. The summed E-state index contributed by atoms with van der Waals surface area (Å²) in [5.74, 6) is 1.45. The second-order valence-electron chi connectivity index (χ2n) is 11.6. The van der Waals surface area contributed by atoms with Crippen molar-refractivity contribution in [1.29, 1.82) is 5.26 Å². The first kappa shape index (κ1) is 27.6. The van der Waals surface area contributed by atoms with E-state index in [0.29, 0.717) is 24.5 Å². The fourth-order valence-corrected chi connectivity index (χ4v) is 6.39. The van der Waals surface area contributed by atoms with Crippen LogP contribution in [0.3, 0.4) is 0 Å². The van der Waals surface area contributed by atoms with Gasteiger partial charge in [-0.2, -0.15) is 10.2 Å². The van der Waals surface area contributed by atoms with Gasteiger partial charge in [0.25, 0.3) is 0 Å². The molecule has 0 radical (unpaired) electrons. The van der Waals surface area contributed by atoms with Crippen LogP contribution in [0, 0.1) is 18.3 Å². The Labute approximate surface area is 240 Å². The van der Waals surface area contributed by atoms with Crippen LogP contribution in [0.5, 0.6) is 0 Å². The number of fused-ring (bicyclic) bond motifs is 1. The number of alkyl halides is 1. The first-order chi connectivity index (χ1) is 19.9. The summed E-state index contributed by atoms with van der Waals surface area (Å²) in [5.41, 5.74) is 9.38. The van der Waals surface area contributed by atoms with Gasteiger partial charge in [-0.25, -0.2) is 9.37 Å². The Morgan fingerprint density at radius 3 is 2.66 bits per heavy atom. The highest BCUT2D eigenvalue weighted by molar-refractivity contribution is 5.95. The monoisotopic (exact) mass is 559 g/mol. The molecular weight excluding hydrogens is 521 g/mol. The predicted molar refractivity (Wildman–Crippen MR) is 158 cm³/mol. The lowest BCUT2D eigenvalue weighted by Crippen LogP contribution is -2.54. The largest absolute Gasteiger partial charge is 0.370 e. The fraction of sp³-hybridized carbons (Fsp3) is 0.533. The highest BCUT2D eigenvalue weighted by Gasteiger charge is 2.31. The van der Waals surface area contributed by atoms with Crippen LogP contribution in [0.25, 0.3) is 10.9 Å². The number of hydrogen-bond donors (Lipinski definition) is 1. The third-order valence-corrected chi connectivity index (χ3v) is 8.24. The number of ether oxygens (including phenoxy) is 1. The predicted octanol–water partition coefficient (Wildman–Crippen LogP) is 2.50. The Morgan fingerprint density at radius 1 is 1.05 bits per heavy atom. The van der Waals surface area contributed by atoms with Crippen LogP contribution >= 0.6 is 0 Å². The van der Waals surface area contributed by atoms with Crippen LogP contribution < -0.4 is 20.4 Å². The first-order valence-corrected chi connectivity index (χ1v) is 14.5. The van der Waals surface area contributed by atoms with E-state index in [1.165, 1.54) is 0 Å². The number of aromatic nitrogens is 3. The molecule has 0 amide bonds. The Kier molecular flexibility index (Phi) is 7.88. The van der Waals surface area contributed by atoms with E-state index in [1.54, 1.807) is 6.20 Å². The summed E-state index contributed by atoms with van der Waals surface area (Å²) in [4.78, 5) is 22.9. The number of piperidine rings is 1. The van der Waals surface area contributed by atoms with Crippen LogP contribution in [-0.2, 0) is 4.74 Å².